The lowest BCUT2D eigenvalue weighted by Crippen LogP contribution is -2.01. The smallest absolute Gasteiger partial charge is 0.338 e. The first-order chi connectivity index (χ1) is 6.52. The second-order valence-electron chi connectivity index (χ2n) is 2.27. The van der Waals surface area contributed by atoms with Crippen molar-refractivity contribution in [2.45, 2.75) is 4.90 Å². The number of rotatable bonds is 3. The molecule has 76 valence electrons. The van der Waals surface area contributed by atoms with Crippen LogP contribution >= 0.6 is 0 Å². The van der Waals surface area contributed by atoms with Gasteiger partial charge < -0.3 is 4.18 Å². The van der Waals surface area contributed by atoms with Crippen molar-refractivity contribution >= 4 is 10.1 Å². The zero-order valence-electron chi connectivity index (χ0n) is 6.85. The molecule has 0 bridgehead atoms. The molecule has 3 nitrogen and oxygen atoms in total. The molecule has 0 radical (unpaired) electrons. The minimum atomic E-state index is -4.11. The third-order valence-electron chi connectivity index (χ3n) is 1.30. The van der Waals surface area contributed by atoms with Crippen molar-refractivity contribution in [3.63, 3.8) is 0 Å². The summed E-state index contributed by atoms with van der Waals surface area (Å²) in [4.78, 5) is -0.169. The van der Waals surface area contributed by atoms with Gasteiger partial charge in [-0.25, -0.2) is 0 Å². The summed E-state index contributed by atoms with van der Waals surface area (Å²) in [7, 11) is -4.11. The predicted octanol–water partition coefficient (Wildman–Crippen LogP) is 2.13. The Labute approximate surface area is 79.8 Å². The van der Waals surface area contributed by atoms with Crippen LogP contribution < -0.4 is 0 Å². The van der Waals surface area contributed by atoms with E-state index in [1.807, 2.05) is 0 Å². The van der Waals surface area contributed by atoms with E-state index in [0.717, 1.165) is 0 Å². The van der Waals surface area contributed by atoms with Gasteiger partial charge >= 0.3 is 16.2 Å². The third kappa shape index (κ3) is 2.81. The van der Waals surface area contributed by atoms with E-state index < -0.39 is 16.2 Å². The molecule has 0 amide bonds. The Balaban J connectivity index is 2.93. The summed E-state index contributed by atoms with van der Waals surface area (Å²) < 4.78 is 49.3. The maximum Gasteiger partial charge on any atom is 0.338 e. The van der Waals surface area contributed by atoms with Gasteiger partial charge in [0.2, 0.25) is 0 Å². The molecule has 1 rings (SSSR count). The summed E-state index contributed by atoms with van der Waals surface area (Å²) in [6.07, 6.45) is -2.31. The molecule has 0 atom stereocenters. The van der Waals surface area contributed by atoms with Crippen molar-refractivity contribution in [2.24, 2.45) is 0 Å². The average molecular weight is 220 g/mol. The van der Waals surface area contributed by atoms with Crippen LogP contribution in [0.4, 0.5) is 8.78 Å². The molecule has 0 saturated carbocycles. The summed E-state index contributed by atoms with van der Waals surface area (Å²) in [5, 5.41) is 0. The van der Waals surface area contributed by atoms with Gasteiger partial charge in [-0.2, -0.15) is 17.2 Å². The first-order valence-corrected chi connectivity index (χ1v) is 4.93. The highest BCUT2D eigenvalue weighted by Gasteiger charge is 2.13. The summed E-state index contributed by atoms with van der Waals surface area (Å²) in [5.74, 6) is 0. The van der Waals surface area contributed by atoms with Crippen LogP contribution in [0.25, 0.3) is 0 Å². The van der Waals surface area contributed by atoms with E-state index >= 15 is 0 Å². The lowest BCUT2D eigenvalue weighted by Gasteiger charge is -2.00. The SMILES string of the molecule is O=S(=O)(OC=C(F)F)c1ccccc1. The minimum absolute atomic E-state index is 0.109. The van der Waals surface area contributed by atoms with Crippen LogP contribution in [0.1, 0.15) is 0 Å². The highest BCUT2D eigenvalue weighted by Crippen LogP contribution is 2.12. The van der Waals surface area contributed by atoms with Crippen molar-refractivity contribution in [1.29, 1.82) is 0 Å². The fourth-order valence-corrected chi connectivity index (χ4v) is 1.54. The molecule has 6 heteroatoms. The summed E-state index contributed by atoms with van der Waals surface area (Å²) in [6.45, 7) is 0. The van der Waals surface area contributed by atoms with Crippen LogP contribution in [0.3, 0.4) is 0 Å². The van der Waals surface area contributed by atoms with Crippen LogP contribution in [-0.2, 0) is 14.3 Å². The molecular formula is C8H6F2O3S. The molecule has 0 aliphatic rings. The summed E-state index contributed by atoms with van der Waals surface area (Å²) >= 11 is 0. The molecule has 0 spiro atoms. The standard InChI is InChI=1S/C8H6F2O3S/c9-8(10)6-13-14(11,12)7-4-2-1-3-5-7/h1-6H. The molecule has 0 heterocycles. The van der Waals surface area contributed by atoms with E-state index in [1.54, 1.807) is 6.07 Å². The Morgan fingerprint density at radius 3 is 2.29 bits per heavy atom. The monoisotopic (exact) mass is 220 g/mol. The van der Waals surface area contributed by atoms with Gasteiger partial charge in [0.15, 0.2) is 6.26 Å². The Morgan fingerprint density at radius 2 is 1.79 bits per heavy atom. The molecule has 1 aromatic carbocycles. The van der Waals surface area contributed by atoms with Crippen LogP contribution in [0.2, 0.25) is 0 Å². The van der Waals surface area contributed by atoms with Crippen molar-refractivity contribution < 1.29 is 21.4 Å². The fraction of sp³-hybridized carbons (Fsp3) is 0. The number of benzene rings is 1. The van der Waals surface area contributed by atoms with Gasteiger partial charge in [0.1, 0.15) is 4.90 Å². The fourth-order valence-electron chi connectivity index (χ4n) is 0.742. The molecule has 0 aromatic heterocycles. The molecule has 0 unspecified atom stereocenters. The van der Waals surface area contributed by atoms with Gasteiger partial charge in [0, 0.05) is 0 Å². The van der Waals surface area contributed by atoms with Gasteiger partial charge in [-0.3, -0.25) is 0 Å². The van der Waals surface area contributed by atoms with Crippen molar-refractivity contribution in [3.05, 3.63) is 42.7 Å². The van der Waals surface area contributed by atoms with Crippen molar-refractivity contribution in [2.75, 3.05) is 0 Å². The van der Waals surface area contributed by atoms with E-state index in [-0.39, 0.29) is 11.2 Å². The maximum atomic E-state index is 11.6. The van der Waals surface area contributed by atoms with Crippen molar-refractivity contribution in [1.82, 2.24) is 0 Å². The predicted molar refractivity (Wildman–Crippen MR) is 45.0 cm³/mol. The van der Waals surface area contributed by atoms with Crippen LogP contribution in [0.15, 0.2) is 47.6 Å². The highest BCUT2D eigenvalue weighted by atomic mass is 32.2. The highest BCUT2D eigenvalue weighted by molar-refractivity contribution is 7.86. The van der Waals surface area contributed by atoms with Crippen LogP contribution in [-0.4, -0.2) is 8.42 Å². The zero-order chi connectivity index (χ0) is 10.6. The number of hydrogen-bond acceptors (Lipinski definition) is 3. The van der Waals surface area contributed by atoms with Gasteiger partial charge in [-0.05, 0) is 12.1 Å². The molecule has 0 saturated heterocycles. The molecular weight excluding hydrogens is 214 g/mol. The largest absolute Gasteiger partial charge is 0.381 e. The van der Waals surface area contributed by atoms with Gasteiger partial charge in [-0.15, -0.1) is 0 Å². The first-order valence-electron chi connectivity index (χ1n) is 3.52. The number of hydrogen-bond donors (Lipinski definition) is 0. The Morgan fingerprint density at radius 1 is 1.21 bits per heavy atom. The Kier molecular flexibility index (Phi) is 3.19. The van der Waals surface area contributed by atoms with Gasteiger partial charge in [-0.1, -0.05) is 18.2 Å². The Bertz CT molecular complexity index is 421. The number of halogens is 2. The van der Waals surface area contributed by atoms with E-state index in [1.165, 1.54) is 24.3 Å². The van der Waals surface area contributed by atoms with E-state index in [9.17, 15) is 17.2 Å². The molecule has 0 fully saturated rings. The maximum absolute atomic E-state index is 11.6. The lowest BCUT2D eigenvalue weighted by atomic mass is 10.4. The molecule has 0 aliphatic carbocycles. The second kappa shape index (κ2) is 4.19. The quantitative estimate of drug-likeness (QED) is 0.579. The summed E-state index contributed by atoms with van der Waals surface area (Å²) in [5.41, 5.74) is 0. The van der Waals surface area contributed by atoms with E-state index in [4.69, 9.17) is 0 Å². The lowest BCUT2D eigenvalue weighted by molar-refractivity contribution is 0.362. The molecule has 0 aliphatic heterocycles. The zero-order valence-corrected chi connectivity index (χ0v) is 7.67. The second-order valence-corrected chi connectivity index (χ2v) is 3.84. The first kappa shape index (κ1) is 10.6. The average Bonchev–Trinajstić information content (AvgIpc) is 2.16. The normalized spacial score (nSPS) is 10.7. The molecule has 14 heavy (non-hydrogen) atoms. The molecule has 0 N–H and O–H groups in total. The van der Waals surface area contributed by atoms with Crippen LogP contribution in [0, 0.1) is 0 Å². The van der Waals surface area contributed by atoms with E-state index in [2.05, 4.69) is 4.18 Å². The van der Waals surface area contributed by atoms with E-state index in [0.29, 0.717) is 0 Å². The van der Waals surface area contributed by atoms with Crippen molar-refractivity contribution in [3.8, 4) is 0 Å². The molecule has 1 aromatic rings. The summed E-state index contributed by atoms with van der Waals surface area (Å²) in [6, 6.07) is 7.03. The topological polar surface area (TPSA) is 43.4 Å². The minimum Gasteiger partial charge on any atom is -0.381 e. The van der Waals surface area contributed by atoms with Gasteiger partial charge in [0.05, 0.1) is 0 Å². The third-order valence-corrected chi connectivity index (χ3v) is 2.49. The van der Waals surface area contributed by atoms with Gasteiger partial charge in [0.25, 0.3) is 0 Å². The van der Waals surface area contributed by atoms with Crippen LogP contribution in [0.5, 0.6) is 0 Å². The Hall–Kier alpha value is -1.43.